The van der Waals surface area contributed by atoms with Crippen molar-refractivity contribution in [3.8, 4) is 0 Å². The number of nitrogens with zero attached hydrogens (tertiary/aromatic N) is 2. The molecule has 122 valence electrons. The van der Waals surface area contributed by atoms with E-state index in [1.54, 1.807) is 43.4 Å². The molecule has 1 heterocycles. The van der Waals surface area contributed by atoms with Gasteiger partial charge in [-0.1, -0.05) is 31.2 Å². The highest BCUT2D eigenvalue weighted by molar-refractivity contribution is 7.99. The zero-order valence-corrected chi connectivity index (χ0v) is 14.4. The van der Waals surface area contributed by atoms with Crippen LogP contribution in [0.1, 0.15) is 38.2 Å². The predicted molar refractivity (Wildman–Crippen MR) is 89.2 cm³/mol. The van der Waals surface area contributed by atoms with Crippen LogP contribution in [0.25, 0.3) is 0 Å². The number of thioether (sulfide) groups is 1. The lowest BCUT2D eigenvalue weighted by Crippen LogP contribution is -2.21. The fourth-order valence-electron chi connectivity index (χ4n) is 1.79. The third-order valence-electron chi connectivity index (χ3n) is 3.15. The lowest BCUT2D eigenvalue weighted by atomic mass is 10.2. The van der Waals surface area contributed by atoms with E-state index < -0.39 is 0 Å². The fourth-order valence-corrected chi connectivity index (χ4v) is 2.72. The van der Waals surface area contributed by atoms with Gasteiger partial charge in [-0.3, -0.25) is 9.36 Å². The minimum atomic E-state index is -0.318. The first-order valence-corrected chi connectivity index (χ1v) is 8.40. The number of esters is 1. The van der Waals surface area contributed by atoms with Gasteiger partial charge < -0.3 is 4.74 Å². The molecule has 0 spiro atoms. The molecule has 22 heavy (non-hydrogen) atoms. The smallest absolute Gasteiger partial charge is 0.333 e. The molecular weight excluding hydrogens is 300 g/mol. The fraction of sp³-hybridized carbons (Fsp3) is 0.562. The molecular formula is C16H24N2O3S. The number of unbranched alkanes of at least 4 members (excludes halogenated alkanes) is 3. The van der Waals surface area contributed by atoms with Crippen molar-refractivity contribution >= 4 is 17.7 Å². The van der Waals surface area contributed by atoms with Gasteiger partial charge in [0.1, 0.15) is 0 Å². The average molecular weight is 324 g/mol. The molecule has 0 aliphatic rings. The molecule has 0 saturated carbocycles. The number of hydrogen-bond donors (Lipinski definition) is 0. The lowest BCUT2D eigenvalue weighted by molar-refractivity contribution is -0.139. The molecule has 1 aromatic heterocycles. The first-order chi connectivity index (χ1) is 10.4. The number of hydrogen-bond acceptors (Lipinski definition) is 5. The van der Waals surface area contributed by atoms with Crippen molar-refractivity contribution in [3.05, 3.63) is 34.3 Å². The largest absolute Gasteiger partial charge is 0.462 e. The second-order valence-electron chi connectivity index (χ2n) is 5.27. The van der Waals surface area contributed by atoms with Crippen LogP contribution in [-0.2, 0) is 16.6 Å². The van der Waals surface area contributed by atoms with Crippen molar-refractivity contribution < 1.29 is 9.53 Å². The maximum absolute atomic E-state index is 11.8. The SMILES string of the molecule is C=C(C)C(=O)OCCCCCCSc1ncc(C)c(=O)n1C. The van der Waals surface area contributed by atoms with Crippen molar-refractivity contribution in [2.45, 2.75) is 44.7 Å². The van der Waals surface area contributed by atoms with E-state index in [-0.39, 0.29) is 11.5 Å². The minimum absolute atomic E-state index is 0.0110. The van der Waals surface area contributed by atoms with Gasteiger partial charge in [0.05, 0.1) is 6.61 Å². The summed E-state index contributed by atoms with van der Waals surface area (Å²) in [4.78, 5) is 27.2. The van der Waals surface area contributed by atoms with Crippen LogP contribution in [0.4, 0.5) is 0 Å². The van der Waals surface area contributed by atoms with E-state index in [0.29, 0.717) is 17.7 Å². The summed E-state index contributed by atoms with van der Waals surface area (Å²) < 4.78 is 6.62. The topological polar surface area (TPSA) is 61.2 Å². The number of carbonyl (C=O) groups excluding carboxylic acids is 1. The van der Waals surface area contributed by atoms with Gasteiger partial charge in [0.2, 0.25) is 0 Å². The van der Waals surface area contributed by atoms with Crippen molar-refractivity contribution in [3.63, 3.8) is 0 Å². The molecule has 0 bridgehead atoms. The number of aromatic nitrogens is 2. The Morgan fingerprint density at radius 3 is 2.73 bits per heavy atom. The highest BCUT2D eigenvalue weighted by atomic mass is 32.2. The Bertz CT molecular complexity index is 581. The van der Waals surface area contributed by atoms with Crippen LogP contribution in [0.2, 0.25) is 0 Å². The highest BCUT2D eigenvalue weighted by Gasteiger charge is 2.05. The number of ether oxygens (including phenoxy) is 1. The van der Waals surface area contributed by atoms with Crippen LogP contribution in [0, 0.1) is 6.92 Å². The first kappa shape index (κ1) is 18.5. The van der Waals surface area contributed by atoms with E-state index in [1.165, 1.54) is 0 Å². The number of carbonyl (C=O) groups is 1. The molecule has 0 aromatic carbocycles. The van der Waals surface area contributed by atoms with Gasteiger partial charge in [-0.15, -0.1) is 0 Å². The molecule has 0 radical (unpaired) electrons. The van der Waals surface area contributed by atoms with E-state index in [2.05, 4.69) is 11.6 Å². The van der Waals surface area contributed by atoms with Crippen molar-refractivity contribution in [2.24, 2.45) is 7.05 Å². The standard InChI is InChI=1S/C16H24N2O3S/c1-12(2)15(20)21-9-7-5-6-8-10-22-16-17-11-13(3)14(19)18(16)4/h11H,1,5-10H2,2-4H3. The van der Waals surface area contributed by atoms with Gasteiger partial charge >= 0.3 is 5.97 Å². The molecule has 5 nitrogen and oxygen atoms in total. The summed E-state index contributed by atoms with van der Waals surface area (Å²) in [5.74, 6) is 0.608. The Kier molecular flexibility index (Phi) is 7.95. The quantitative estimate of drug-likeness (QED) is 0.230. The van der Waals surface area contributed by atoms with E-state index in [9.17, 15) is 9.59 Å². The van der Waals surface area contributed by atoms with Gasteiger partial charge in [0, 0.05) is 30.1 Å². The Morgan fingerprint density at radius 2 is 2.05 bits per heavy atom. The summed E-state index contributed by atoms with van der Waals surface area (Å²) in [6, 6.07) is 0. The molecule has 0 N–H and O–H groups in total. The van der Waals surface area contributed by atoms with Crippen molar-refractivity contribution in [2.75, 3.05) is 12.4 Å². The Hall–Kier alpha value is -1.56. The second kappa shape index (κ2) is 9.46. The summed E-state index contributed by atoms with van der Waals surface area (Å²) in [7, 11) is 1.75. The molecule has 0 saturated heterocycles. The summed E-state index contributed by atoms with van der Waals surface area (Å²) in [6.45, 7) is 7.40. The molecule has 0 aliphatic carbocycles. The Balaban J connectivity index is 2.14. The third-order valence-corrected chi connectivity index (χ3v) is 4.28. The maximum atomic E-state index is 11.8. The molecule has 0 fully saturated rings. The van der Waals surface area contributed by atoms with Gasteiger partial charge in [-0.05, 0) is 26.7 Å². The normalized spacial score (nSPS) is 10.5. The Morgan fingerprint density at radius 1 is 1.36 bits per heavy atom. The van der Waals surface area contributed by atoms with Crippen molar-refractivity contribution in [1.29, 1.82) is 0 Å². The van der Waals surface area contributed by atoms with E-state index in [0.717, 1.165) is 36.6 Å². The van der Waals surface area contributed by atoms with E-state index in [1.807, 2.05) is 0 Å². The molecule has 1 aromatic rings. The zero-order valence-electron chi connectivity index (χ0n) is 13.6. The van der Waals surface area contributed by atoms with Crippen LogP contribution >= 0.6 is 11.8 Å². The van der Waals surface area contributed by atoms with Crippen LogP contribution < -0.4 is 5.56 Å². The molecule has 0 amide bonds. The van der Waals surface area contributed by atoms with Crippen LogP contribution in [-0.4, -0.2) is 27.9 Å². The summed E-state index contributed by atoms with van der Waals surface area (Å²) in [5.41, 5.74) is 1.11. The Labute approximate surface area is 135 Å². The summed E-state index contributed by atoms with van der Waals surface area (Å²) in [5, 5.41) is 0.756. The molecule has 1 rings (SSSR count). The summed E-state index contributed by atoms with van der Waals surface area (Å²) >= 11 is 1.60. The number of rotatable bonds is 9. The highest BCUT2D eigenvalue weighted by Crippen LogP contribution is 2.15. The predicted octanol–water partition coefficient (Wildman–Crippen LogP) is 2.86. The molecule has 0 unspecified atom stereocenters. The minimum Gasteiger partial charge on any atom is -0.462 e. The maximum Gasteiger partial charge on any atom is 0.333 e. The van der Waals surface area contributed by atoms with Crippen LogP contribution in [0.5, 0.6) is 0 Å². The molecule has 0 aliphatic heterocycles. The van der Waals surface area contributed by atoms with E-state index in [4.69, 9.17) is 4.74 Å². The monoisotopic (exact) mass is 324 g/mol. The third kappa shape index (κ3) is 6.05. The van der Waals surface area contributed by atoms with Crippen LogP contribution in [0.15, 0.2) is 28.3 Å². The van der Waals surface area contributed by atoms with Gasteiger partial charge in [0.15, 0.2) is 5.16 Å². The van der Waals surface area contributed by atoms with E-state index >= 15 is 0 Å². The number of aryl methyl sites for hydroxylation is 1. The van der Waals surface area contributed by atoms with Gasteiger partial charge in [0.25, 0.3) is 5.56 Å². The molecule has 6 heteroatoms. The van der Waals surface area contributed by atoms with Gasteiger partial charge in [-0.2, -0.15) is 0 Å². The lowest BCUT2D eigenvalue weighted by Gasteiger charge is -2.07. The second-order valence-corrected chi connectivity index (χ2v) is 6.33. The summed E-state index contributed by atoms with van der Waals surface area (Å²) in [6.07, 6.45) is 5.62. The zero-order chi connectivity index (χ0) is 16.5. The first-order valence-electron chi connectivity index (χ1n) is 7.41. The average Bonchev–Trinajstić information content (AvgIpc) is 2.49. The van der Waals surface area contributed by atoms with Gasteiger partial charge in [-0.25, -0.2) is 9.78 Å². The molecule has 0 atom stereocenters. The van der Waals surface area contributed by atoms with Crippen LogP contribution in [0.3, 0.4) is 0 Å². The van der Waals surface area contributed by atoms with Crippen molar-refractivity contribution in [1.82, 2.24) is 9.55 Å².